The topological polar surface area (TPSA) is 26.3 Å². The quantitative estimate of drug-likeness (QED) is 0.803. The monoisotopic (exact) mass is 254 g/mol. The molecule has 2 atom stereocenters. The molecule has 0 aromatic heterocycles. The fraction of sp³-hybridized carbons (Fsp3) is 0.353. The molecule has 19 heavy (non-hydrogen) atoms. The van der Waals surface area contributed by atoms with Gasteiger partial charge < -0.3 is 4.74 Å². The standard InChI is InChI=1S/C17H18O2/c1-2-17(13-8-4-3-5-9-13)12-15(18)14-10-6-7-11-16(14)19-17/h3-9,11,14H,2,10,12H2,1H3. The molecule has 0 amide bonds. The van der Waals surface area contributed by atoms with Crippen molar-refractivity contribution in [3.05, 3.63) is 59.9 Å². The fourth-order valence-electron chi connectivity index (χ4n) is 2.98. The van der Waals surface area contributed by atoms with Crippen molar-refractivity contribution in [1.82, 2.24) is 0 Å². The van der Waals surface area contributed by atoms with Crippen LogP contribution in [0.5, 0.6) is 0 Å². The Balaban J connectivity index is 2.01. The number of ketones is 1. The molecular weight excluding hydrogens is 236 g/mol. The van der Waals surface area contributed by atoms with E-state index in [0.29, 0.717) is 12.2 Å². The molecule has 98 valence electrons. The number of allylic oxidation sites excluding steroid dienone is 4. The number of Topliss-reactive ketones (excluding diaryl/α,β-unsaturated/α-hetero) is 1. The molecule has 0 spiro atoms. The van der Waals surface area contributed by atoms with Gasteiger partial charge in [0, 0.05) is 0 Å². The maximum atomic E-state index is 12.4. The number of carbonyl (C=O) groups excluding carboxylic acids is 1. The number of fused-ring (bicyclic) bond motifs is 1. The summed E-state index contributed by atoms with van der Waals surface area (Å²) in [5.41, 5.74) is 0.617. The van der Waals surface area contributed by atoms with Gasteiger partial charge in [-0.3, -0.25) is 4.79 Å². The predicted molar refractivity (Wildman–Crippen MR) is 74.5 cm³/mol. The van der Waals surface area contributed by atoms with Gasteiger partial charge in [-0.15, -0.1) is 0 Å². The van der Waals surface area contributed by atoms with Crippen LogP contribution in [0.4, 0.5) is 0 Å². The molecule has 2 heteroatoms. The van der Waals surface area contributed by atoms with E-state index in [2.05, 4.69) is 19.1 Å². The molecule has 0 N–H and O–H groups in total. The summed E-state index contributed by atoms with van der Waals surface area (Å²) in [6.07, 6.45) is 8.02. The molecule has 1 saturated heterocycles. The largest absolute Gasteiger partial charge is 0.486 e. The SMILES string of the molecule is CCC1(c2ccccc2)CC(=O)C2CC=CC=C2O1. The Bertz CT molecular complexity index is 542. The third-order valence-electron chi connectivity index (χ3n) is 4.14. The molecule has 1 heterocycles. The molecule has 0 saturated carbocycles. The Morgan fingerprint density at radius 1 is 1.32 bits per heavy atom. The number of hydrogen-bond acceptors (Lipinski definition) is 2. The summed E-state index contributed by atoms with van der Waals surface area (Å²) in [5.74, 6) is 1.07. The molecule has 1 aliphatic heterocycles. The summed E-state index contributed by atoms with van der Waals surface area (Å²) in [5, 5.41) is 0. The summed E-state index contributed by atoms with van der Waals surface area (Å²) >= 11 is 0. The first-order chi connectivity index (χ1) is 9.25. The summed E-state index contributed by atoms with van der Waals surface area (Å²) < 4.78 is 6.27. The van der Waals surface area contributed by atoms with Crippen LogP contribution in [0.3, 0.4) is 0 Å². The molecule has 0 radical (unpaired) electrons. The van der Waals surface area contributed by atoms with E-state index < -0.39 is 5.60 Å². The van der Waals surface area contributed by atoms with Gasteiger partial charge in [-0.05, 0) is 24.5 Å². The van der Waals surface area contributed by atoms with E-state index in [-0.39, 0.29) is 5.92 Å². The van der Waals surface area contributed by atoms with E-state index in [0.717, 1.165) is 24.2 Å². The molecule has 1 aliphatic carbocycles. The van der Waals surface area contributed by atoms with Crippen LogP contribution in [0.15, 0.2) is 54.3 Å². The van der Waals surface area contributed by atoms with Gasteiger partial charge in [-0.2, -0.15) is 0 Å². The molecule has 1 aromatic carbocycles. The van der Waals surface area contributed by atoms with Gasteiger partial charge in [0.25, 0.3) is 0 Å². The van der Waals surface area contributed by atoms with Crippen molar-refractivity contribution < 1.29 is 9.53 Å². The lowest BCUT2D eigenvalue weighted by molar-refractivity contribution is -0.140. The molecule has 3 rings (SSSR count). The normalized spacial score (nSPS) is 29.4. The first kappa shape index (κ1) is 12.2. The maximum absolute atomic E-state index is 12.4. The zero-order valence-corrected chi connectivity index (χ0v) is 11.1. The van der Waals surface area contributed by atoms with Crippen LogP contribution in [-0.2, 0) is 15.1 Å². The van der Waals surface area contributed by atoms with E-state index in [1.165, 1.54) is 0 Å². The Hall–Kier alpha value is -1.83. The van der Waals surface area contributed by atoms with E-state index in [9.17, 15) is 4.79 Å². The van der Waals surface area contributed by atoms with Crippen LogP contribution in [0, 0.1) is 5.92 Å². The van der Waals surface area contributed by atoms with Gasteiger partial charge in [0.1, 0.15) is 17.1 Å². The Morgan fingerprint density at radius 3 is 2.84 bits per heavy atom. The first-order valence-corrected chi connectivity index (χ1v) is 6.89. The molecule has 1 fully saturated rings. The van der Waals surface area contributed by atoms with E-state index in [1.807, 2.05) is 36.4 Å². The summed E-state index contributed by atoms with van der Waals surface area (Å²) in [6.45, 7) is 2.08. The highest BCUT2D eigenvalue weighted by Gasteiger charge is 2.44. The van der Waals surface area contributed by atoms with E-state index >= 15 is 0 Å². The van der Waals surface area contributed by atoms with Crippen LogP contribution in [0.25, 0.3) is 0 Å². The van der Waals surface area contributed by atoms with Crippen LogP contribution in [-0.4, -0.2) is 5.78 Å². The molecule has 2 nitrogen and oxygen atoms in total. The van der Waals surface area contributed by atoms with Gasteiger partial charge in [0.15, 0.2) is 0 Å². The van der Waals surface area contributed by atoms with Gasteiger partial charge in [-0.25, -0.2) is 0 Å². The number of rotatable bonds is 2. The number of hydrogen-bond donors (Lipinski definition) is 0. The van der Waals surface area contributed by atoms with Crippen molar-refractivity contribution in [1.29, 1.82) is 0 Å². The van der Waals surface area contributed by atoms with Crippen LogP contribution >= 0.6 is 0 Å². The minimum absolute atomic E-state index is 0.0617. The second-order valence-electron chi connectivity index (χ2n) is 5.24. The van der Waals surface area contributed by atoms with Crippen LogP contribution in [0.1, 0.15) is 31.7 Å². The highest BCUT2D eigenvalue weighted by molar-refractivity contribution is 5.86. The number of benzene rings is 1. The van der Waals surface area contributed by atoms with Gasteiger partial charge in [0.05, 0.1) is 12.3 Å². The average Bonchev–Trinajstić information content (AvgIpc) is 2.48. The number of carbonyl (C=O) groups is 1. The lowest BCUT2D eigenvalue weighted by atomic mass is 9.78. The molecule has 2 unspecified atom stereocenters. The smallest absolute Gasteiger partial charge is 0.148 e. The highest BCUT2D eigenvalue weighted by atomic mass is 16.5. The minimum atomic E-state index is -0.480. The third kappa shape index (κ3) is 2.01. The van der Waals surface area contributed by atoms with Crippen molar-refractivity contribution in [2.75, 3.05) is 0 Å². The molecule has 1 aromatic rings. The van der Waals surface area contributed by atoms with Crippen LogP contribution < -0.4 is 0 Å². The van der Waals surface area contributed by atoms with Crippen molar-refractivity contribution in [2.24, 2.45) is 5.92 Å². The Labute approximate surface area is 113 Å². The van der Waals surface area contributed by atoms with Crippen LogP contribution in [0.2, 0.25) is 0 Å². The molecule has 0 bridgehead atoms. The Kier molecular flexibility index (Phi) is 3.02. The zero-order valence-electron chi connectivity index (χ0n) is 11.1. The molecule has 2 aliphatic rings. The third-order valence-corrected chi connectivity index (χ3v) is 4.14. The summed E-state index contributed by atoms with van der Waals surface area (Å²) in [6, 6.07) is 10.1. The zero-order chi connectivity index (χ0) is 13.3. The van der Waals surface area contributed by atoms with Crippen molar-refractivity contribution in [2.45, 2.75) is 31.8 Å². The second kappa shape index (κ2) is 4.69. The lowest BCUT2D eigenvalue weighted by Crippen LogP contribution is -2.41. The van der Waals surface area contributed by atoms with Gasteiger partial charge in [-0.1, -0.05) is 49.4 Å². The minimum Gasteiger partial charge on any atom is -0.486 e. The van der Waals surface area contributed by atoms with Gasteiger partial charge in [0.2, 0.25) is 0 Å². The van der Waals surface area contributed by atoms with E-state index in [4.69, 9.17) is 4.74 Å². The lowest BCUT2D eigenvalue weighted by Gasteiger charge is -2.41. The fourth-order valence-corrected chi connectivity index (χ4v) is 2.98. The van der Waals surface area contributed by atoms with Gasteiger partial charge >= 0.3 is 0 Å². The summed E-state index contributed by atoms with van der Waals surface area (Å²) in [7, 11) is 0. The Morgan fingerprint density at radius 2 is 2.11 bits per heavy atom. The average molecular weight is 254 g/mol. The van der Waals surface area contributed by atoms with Crippen molar-refractivity contribution >= 4 is 5.78 Å². The predicted octanol–water partition coefficient (Wildman–Crippen LogP) is 3.74. The van der Waals surface area contributed by atoms with Crippen molar-refractivity contribution in [3.8, 4) is 0 Å². The highest BCUT2D eigenvalue weighted by Crippen LogP contribution is 2.44. The van der Waals surface area contributed by atoms with Crippen molar-refractivity contribution in [3.63, 3.8) is 0 Å². The first-order valence-electron chi connectivity index (χ1n) is 6.89. The summed E-state index contributed by atoms with van der Waals surface area (Å²) in [4.78, 5) is 12.4. The van der Waals surface area contributed by atoms with E-state index in [1.54, 1.807) is 0 Å². The molecular formula is C17H18O2. The maximum Gasteiger partial charge on any atom is 0.148 e. The number of ether oxygens (including phenoxy) is 1. The second-order valence-corrected chi connectivity index (χ2v) is 5.24.